The van der Waals surface area contributed by atoms with Crippen LogP contribution in [0.1, 0.15) is 76.2 Å². The molecule has 2 aliphatic rings. The van der Waals surface area contributed by atoms with Crippen molar-refractivity contribution in [2.24, 2.45) is 17.8 Å². The van der Waals surface area contributed by atoms with E-state index in [1.807, 2.05) is 0 Å². The highest BCUT2D eigenvalue weighted by molar-refractivity contribution is 5.66. The number of ether oxygens (including phenoxy) is 1. The zero-order valence-corrected chi connectivity index (χ0v) is 18.9. The second kappa shape index (κ2) is 10.0. The molecule has 0 N–H and O–H groups in total. The first-order valence-corrected chi connectivity index (χ1v) is 12.1. The normalized spacial score (nSPS) is 26.2. The van der Waals surface area contributed by atoms with E-state index in [2.05, 4.69) is 11.7 Å². The summed E-state index contributed by atoms with van der Waals surface area (Å²) in [5.74, 6) is 0.760. The molecule has 180 valence electrons. The molecule has 0 amide bonds. The summed E-state index contributed by atoms with van der Waals surface area (Å²) < 4.78 is 70.6. The van der Waals surface area contributed by atoms with Gasteiger partial charge >= 0.3 is 6.36 Å². The van der Waals surface area contributed by atoms with Crippen LogP contribution in [0.3, 0.4) is 0 Å². The molecule has 33 heavy (non-hydrogen) atoms. The lowest BCUT2D eigenvalue weighted by molar-refractivity contribution is -0.274. The Labute approximate surface area is 192 Å². The Kier molecular flexibility index (Phi) is 7.30. The van der Waals surface area contributed by atoms with Crippen LogP contribution < -0.4 is 4.74 Å². The summed E-state index contributed by atoms with van der Waals surface area (Å²) in [7, 11) is 0. The minimum absolute atomic E-state index is 0.147. The summed E-state index contributed by atoms with van der Waals surface area (Å²) in [6.07, 6.45) is 5.88. The summed E-state index contributed by atoms with van der Waals surface area (Å²) in [5.41, 5.74) is 0.634. The van der Waals surface area contributed by atoms with E-state index < -0.39 is 23.7 Å². The van der Waals surface area contributed by atoms with Crippen LogP contribution in [0.4, 0.5) is 22.0 Å². The van der Waals surface area contributed by atoms with Crippen LogP contribution in [0.5, 0.6) is 5.75 Å². The molecule has 2 aromatic carbocycles. The zero-order valence-electron chi connectivity index (χ0n) is 18.9. The summed E-state index contributed by atoms with van der Waals surface area (Å²) in [6, 6.07) is 7.39. The lowest BCUT2D eigenvalue weighted by atomic mass is 9.68. The fourth-order valence-corrected chi connectivity index (χ4v) is 5.92. The van der Waals surface area contributed by atoms with Crippen molar-refractivity contribution in [1.82, 2.24) is 0 Å². The number of benzene rings is 2. The molecule has 0 aliphatic heterocycles. The van der Waals surface area contributed by atoms with Gasteiger partial charge in [-0.3, -0.25) is 0 Å². The highest BCUT2D eigenvalue weighted by atomic mass is 19.4. The monoisotopic (exact) mass is 466 g/mol. The summed E-state index contributed by atoms with van der Waals surface area (Å²) in [6.45, 7) is 2.27. The Morgan fingerprint density at radius 1 is 0.788 bits per heavy atom. The third-order valence-corrected chi connectivity index (χ3v) is 7.82. The highest BCUT2D eigenvalue weighted by Gasteiger charge is 2.32. The predicted octanol–water partition coefficient (Wildman–Crippen LogP) is 9.02. The van der Waals surface area contributed by atoms with E-state index in [-0.39, 0.29) is 17.0 Å². The number of hydrogen-bond acceptors (Lipinski definition) is 1. The van der Waals surface area contributed by atoms with Gasteiger partial charge in [0.2, 0.25) is 0 Å². The van der Waals surface area contributed by atoms with E-state index in [0.717, 1.165) is 55.6 Å². The molecule has 0 heterocycles. The van der Waals surface area contributed by atoms with Gasteiger partial charge in [0, 0.05) is 0 Å². The molecule has 6 heteroatoms. The Bertz CT molecular complexity index is 898. The molecule has 2 aromatic rings. The SMILES string of the molecule is CCC1CCC(C2CCC(c3cc(F)c(-c4ccc(OC(F)(F)F)cc4)c(F)c3)CC2)CC1. The zero-order chi connectivity index (χ0) is 23.6. The third kappa shape index (κ3) is 5.88. The Morgan fingerprint density at radius 3 is 1.79 bits per heavy atom. The van der Waals surface area contributed by atoms with Gasteiger partial charge in [-0.15, -0.1) is 13.2 Å². The van der Waals surface area contributed by atoms with Crippen molar-refractivity contribution < 1.29 is 26.7 Å². The van der Waals surface area contributed by atoms with Crippen molar-refractivity contribution in [1.29, 1.82) is 0 Å². The maximum Gasteiger partial charge on any atom is 0.573 e. The molecular weight excluding hydrogens is 435 g/mol. The van der Waals surface area contributed by atoms with Crippen LogP contribution in [0.2, 0.25) is 0 Å². The van der Waals surface area contributed by atoms with Crippen molar-refractivity contribution in [2.75, 3.05) is 0 Å². The first-order valence-electron chi connectivity index (χ1n) is 12.1. The number of rotatable bonds is 5. The Balaban J connectivity index is 1.41. The van der Waals surface area contributed by atoms with E-state index in [1.54, 1.807) is 0 Å². The predicted molar refractivity (Wildman–Crippen MR) is 119 cm³/mol. The van der Waals surface area contributed by atoms with Crippen LogP contribution in [-0.4, -0.2) is 6.36 Å². The van der Waals surface area contributed by atoms with Crippen molar-refractivity contribution in [3.8, 4) is 16.9 Å². The molecule has 0 atom stereocenters. The largest absolute Gasteiger partial charge is 0.573 e. The van der Waals surface area contributed by atoms with E-state index >= 15 is 0 Å². The standard InChI is InChI=1S/C27H31F5O/c1-2-17-3-5-18(6-4-17)19-7-9-20(10-8-19)22-15-24(28)26(25(29)16-22)21-11-13-23(14-12-21)33-27(30,31)32/h11-20H,2-10H2,1H3. The lowest BCUT2D eigenvalue weighted by Gasteiger charge is -2.38. The minimum atomic E-state index is -4.81. The number of hydrogen-bond donors (Lipinski definition) is 0. The second-order valence-electron chi connectivity index (χ2n) is 9.73. The van der Waals surface area contributed by atoms with Gasteiger partial charge < -0.3 is 4.74 Å². The first-order chi connectivity index (χ1) is 15.7. The van der Waals surface area contributed by atoms with E-state index in [4.69, 9.17) is 0 Å². The maximum atomic E-state index is 14.9. The number of halogens is 5. The third-order valence-electron chi connectivity index (χ3n) is 7.82. The van der Waals surface area contributed by atoms with Gasteiger partial charge in [-0.05, 0) is 97.6 Å². The highest BCUT2D eigenvalue weighted by Crippen LogP contribution is 2.45. The smallest absolute Gasteiger partial charge is 0.406 e. The summed E-state index contributed by atoms with van der Waals surface area (Å²) in [5, 5.41) is 0. The van der Waals surface area contributed by atoms with Crippen molar-refractivity contribution in [2.45, 2.75) is 77.0 Å². The van der Waals surface area contributed by atoms with Crippen molar-refractivity contribution >= 4 is 0 Å². The molecule has 4 rings (SSSR count). The van der Waals surface area contributed by atoms with Gasteiger partial charge in [0.1, 0.15) is 17.4 Å². The molecule has 0 spiro atoms. The van der Waals surface area contributed by atoms with Gasteiger partial charge in [-0.25, -0.2) is 8.78 Å². The van der Waals surface area contributed by atoms with Crippen LogP contribution >= 0.6 is 0 Å². The Morgan fingerprint density at radius 2 is 1.30 bits per heavy atom. The van der Waals surface area contributed by atoms with Gasteiger partial charge in [0.15, 0.2) is 0 Å². The van der Waals surface area contributed by atoms with E-state index in [0.29, 0.717) is 5.56 Å². The average molecular weight is 467 g/mol. The van der Waals surface area contributed by atoms with Gasteiger partial charge in [0.25, 0.3) is 0 Å². The summed E-state index contributed by atoms with van der Waals surface area (Å²) in [4.78, 5) is 0. The second-order valence-corrected chi connectivity index (χ2v) is 9.73. The fourth-order valence-electron chi connectivity index (χ4n) is 5.92. The Hall–Kier alpha value is -2.11. The molecule has 0 radical (unpaired) electrons. The number of alkyl halides is 3. The van der Waals surface area contributed by atoms with Crippen molar-refractivity contribution in [3.05, 3.63) is 53.6 Å². The molecular formula is C27H31F5O. The van der Waals surface area contributed by atoms with Crippen LogP contribution in [0.25, 0.3) is 11.1 Å². The molecule has 1 nitrogen and oxygen atoms in total. The van der Waals surface area contributed by atoms with Crippen LogP contribution in [0, 0.1) is 29.4 Å². The average Bonchev–Trinajstić information content (AvgIpc) is 2.79. The summed E-state index contributed by atoms with van der Waals surface area (Å²) >= 11 is 0. The van der Waals surface area contributed by atoms with Crippen molar-refractivity contribution in [3.63, 3.8) is 0 Å². The van der Waals surface area contributed by atoms with Gasteiger partial charge in [-0.2, -0.15) is 0 Å². The minimum Gasteiger partial charge on any atom is -0.406 e. The fraction of sp³-hybridized carbons (Fsp3) is 0.556. The topological polar surface area (TPSA) is 9.23 Å². The molecule has 0 unspecified atom stereocenters. The van der Waals surface area contributed by atoms with Crippen LogP contribution in [0.15, 0.2) is 36.4 Å². The molecule has 2 saturated carbocycles. The van der Waals surface area contributed by atoms with Crippen LogP contribution in [-0.2, 0) is 0 Å². The molecule has 0 aromatic heterocycles. The first kappa shape index (κ1) is 24.0. The van der Waals surface area contributed by atoms with E-state index in [9.17, 15) is 22.0 Å². The quantitative estimate of drug-likeness (QED) is 0.400. The molecule has 0 bridgehead atoms. The van der Waals surface area contributed by atoms with Gasteiger partial charge in [-0.1, -0.05) is 38.3 Å². The van der Waals surface area contributed by atoms with E-state index in [1.165, 1.54) is 56.4 Å². The maximum absolute atomic E-state index is 14.9. The van der Waals surface area contributed by atoms with Gasteiger partial charge in [0.05, 0.1) is 5.56 Å². The molecule has 0 saturated heterocycles. The molecule has 2 fully saturated rings. The molecule has 2 aliphatic carbocycles. The lowest BCUT2D eigenvalue weighted by Crippen LogP contribution is -2.25.